The van der Waals surface area contributed by atoms with Gasteiger partial charge in [-0.15, -0.1) is 0 Å². The zero-order chi connectivity index (χ0) is 44.2. The van der Waals surface area contributed by atoms with Crippen molar-refractivity contribution in [1.82, 2.24) is 0 Å². The van der Waals surface area contributed by atoms with Crippen LogP contribution in [0.1, 0.15) is 25.0 Å². The lowest BCUT2D eigenvalue weighted by atomic mass is 9.82. The Morgan fingerprint density at radius 1 is 0.273 bits per heavy atom. The molecule has 0 unspecified atom stereocenters. The molecule has 0 amide bonds. The first kappa shape index (κ1) is 39.3. The van der Waals surface area contributed by atoms with Crippen LogP contribution in [0.25, 0.3) is 88.3 Å². The summed E-state index contributed by atoms with van der Waals surface area (Å²) in [7, 11) is 0. The lowest BCUT2D eigenvalue weighted by Crippen LogP contribution is -2.15. The summed E-state index contributed by atoms with van der Waals surface area (Å²) in [4.78, 5) is 2.50. The van der Waals surface area contributed by atoms with Gasteiger partial charge in [0.25, 0.3) is 0 Å². The fourth-order valence-electron chi connectivity index (χ4n) is 10.8. The van der Waals surface area contributed by atoms with Crippen molar-refractivity contribution in [2.24, 2.45) is 0 Å². The third-order valence-electron chi connectivity index (χ3n) is 13.9. The highest BCUT2D eigenvalue weighted by atomic mass is 15.1. The average Bonchev–Trinajstić information content (AvgIpc) is 3.63. The van der Waals surface area contributed by atoms with Crippen molar-refractivity contribution in [3.05, 3.63) is 260 Å². The quantitative estimate of drug-likeness (QED) is 0.138. The van der Waals surface area contributed by atoms with Gasteiger partial charge in [-0.1, -0.05) is 232 Å². The fraction of sp³-hybridized carbons (Fsp3) is 0.0462. The zero-order valence-corrected chi connectivity index (χ0v) is 37.1. The molecule has 0 heterocycles. The largest absolute Gasteiger partial charge is 0.309 e. The van der Waals surface area contributed by atoms with Crippen LogP contribution in [0.15, 0.2) is 249 Å². The summed E-state index contributed by atoms with van der Waals surface area (Å²) < 4.78 is 0. The van der Waals surface area contributed by atoms with Crippen LogP contribution < -0.4 is 4.90 Å². The molecule has 0 radical (unpaired) electrons. The predicted octanol–water partition coefficient (Wildman–Crippen LogP) is 18.1. The third kappa shape index (κ3) is 6.46. The maximum absolute atomic E-state index is 2.50. The molecule has 0 saturated heterocycles. The molecule has 0 aliphatic heterocycles. The van der Waals surface area contributed by atoms with Gasteiger partial charge in [-0.3, -0.25) is 0 Å². The van der Waals surface area contributed by atoms with Crippen molar-refractivity contribution in [2.45, 2.75) is 19.3 Å². The van der Waals surface area contributed by atoms with E-state index in [9.17, 15) is 0 Å². The van der Waals surface area contributed by atoms with Crippen LogP contribution in [0.4, 0.5) is 17.1 Å². The van der Waals surface area contributed by atoms with E-state index in [0.29, 0.717) is 0 Å². The normalized spacial score (nSPS) is 12.5. The molecule has 66 heavy (non-hydrogen) atoms. The summed E-state index contributed by atoms with van der Waals surface area (Å²) in [5, 5.41) is 5.02. The number of anilines is 3. The van der Waals surface area contributed by atoms with Gasteiger partial charge >= 0.3 is 0 Å². The highest BCUT2D eigenvalue weighted by Gasteiger charge is 2.37. The first-order chi connectivity index (χ1) is 32.5. The zero-order valence-electron chi connectivity index (χ0n) is 37.1. The summed E-state index contributed by atoms with van der Waals surface area (Å²) in [6, 6.07) is 91.5. The van der Waals surface area contributed by atoms with Gasteiger partial charge in [-0.25, -0.2) is 0 Å². The van der Waals surface area contributed by atoms with Crippen molar-refractivity contribution in [2.75, 3.05) is 4.90 Å². The molecule has 0 bridgehead atoms. The number of hydrogen-bond donors (Lipinski definition) is 0. The molecule has 11 aromatic rings. The summed E-state index contributed by atoms with van der Waals surface area (Å²) in [5.41, 5.74) is 20.5. The summed E-state index contributed by atoms with van der Waals surface area (Å²) in [6.45, 7) is 4.73. The molecular weight excluding hydrogens is 795 g/mol. The summed E-state index contributed by atoms with van der Waals surface area (Å²) in [6.07, 6.45) is 0. The molecule has 1 heteroatoms. The smallest absolute Gasteiger partial charge is 0.0540 e. The Kier molecular flexibility index (Phi) is 9.58. The number of hydrogen-bond acceptors (Lipinski definition) is 1. The Morgan fingerprint density at radius 2 is 0.727 bits per heavy atom. The van der Waals surface area contributed by atoms with E-state index in [1.165, 1.54) is 88.3 Å². The number of benzene rings is 11. The fourth-order valence-corrected chi connectivity index (χ4v) is 10.8. The Morgan fingerprint density at radius 3 is 1.38 bits per heavy atom. The molecule has 11 aromatic carbocycles. The molecule has 0 fully saturated rings. The number of rotatable bonds is 8. The molecular formula is C65H47N. The van der Waals surface area contributed by atoms with Crippen LogP contribution in [0, 0.1) is 0 Å². The minimum atomic E-state index is -0.119. The average molecular weight is 842 g/mol. The van der Waals surface area contributed by atoms with Crippen molar-refractivity contribution >= 4 is 38.6 Å². The maximum Gasteiger partial charge on any atom is 0.0540 e. The van der Waals surface area contributed by atoms with E-state index < -0.39 is 0 Å². The van der Waals surface area contributed by atoms with Gasteiger partial charge in [0, 0.05) is 22.2 Å². The van der Waals surface area contributed by atoms with Crippen LogP contribution in [-0.2, 0) is 5.41 Å². The first-order valence-corrected chi connectivity index (χ1v) is 23.0. The Bertz CT molecular complexity index is 3590. The monoisotopic (exact) mass is 841 g/mol. The van der Waals surface area contributed by atoms with Gasteiger partial charge in [0.1, 0.15) is 0 Å². The molecule has 0 N–H and O–H groups in total. The van der Waals surface area contributed by atoms with Crippen LogP contribution in [0.5, 0.6) is 0 Å². The second-order valence-corrected chi connectivity index (χ2v) is 18.0. The lowest BCUT2D eigenvalue weighted by Gasteiger charge is -2.31. The van der Waals surface area contributed by atoms with Crippen molar-refractivity contribution in [3.8, 4) is 66.8 Å². The summed E-state index contributed by atoms with van der Waals surface area (Å²) >= 11 is 0. The van der Waals surface area contributed by atoms with Gasteiger partial charge < -0.3 is 4.90 Å². The molecule has 1 nitrogen and oxygen atoms in total. The third-order valence-corrected chi connectivity index (χ3v) is 13.9. The molecule has 0 aromatic heterocycles. The van der Waals surface area contributed by atoms with Crippen LogP contribution >= 0.6 is 0 Å². The Balaban J connectivity index is 1.11. The van der Waals surface area contributed by atoms with E-state index >= 15 is 0 Å². The van der Waals surface area contributed by atoms with Crippen LogP contribution in [0.2, 0.25) is 0 Å². The molecule has 12 rings (SSSR count). The number of nitrogens with zero attached hydrogens (tertiary/aromatic N) is 1. The molecule has 0 spiro atoms. The van der Waals surface area contributed by atoms with Gasteiger partial charge in [0.15, 0.2) is 0 Å². The van der Waals surface area contributed by atoms with E-state index in [2.05, 4.69) is 267 Å². The van der Waals surface area contributed by atoms with E-state index in [-0.39, 0.29) is 5.41 Å². The SMILES string of the molecule is CC1(C)c2ccccc2-c2c(-c3ccccc3N(c3ccc(-c4c(-c5ccccc5)c5ccccc5c5ccccc45)cc3)c3ccc(-c4ccccc4)cc3-c3ccccc3)cccc21. The summed E-state index contributed by atoms with van der Waals surface area (Å²) in [5.74, 6) is 0. The van der Waals surface area contributed by atoms with Gasteiger partial charge in [-0.2, -0.15) is 0 Å². The Hall–Kier alpha value is -8.26. The molecule has 312 valence electrons. The van der Waals surface area contributed by atoms with E-state index in [1.54, 1.807) is 0 Å². The lowest BCUT2D eigenvalue weighted by molar-refractivity contribution is 0.660. The minimum Gasteiger partial charge on any atom is -0.309 e. The number of para-hydroxylation sites is 1. The van der Waals surface area contributed by atoms with E-state index in [0.717, 1.165) is 28.2 Å². The molecule has 1 aliphatic carbocycles. The predicted molar refractivity (Wildman–Crippen MR) is 281 cm³/mol. The maximum atomic E-state index is 2.50. The van der Waals surface area contributed by atoms with Gasteiger partial charge in [-0.05, 0) is 119 Å². The molecule has 0 saturated carbocycles. The molecule has 0 atom stereocenters. The van der Waals surface area contributed by atoms with Crippen molar-refractivity contribution in [1.29, 1.82) is 0 Å². The van der Waals surface area contributed by atoms with E-state index in [1.807, 2.05) is 0 Å². The highest BCUT2D eigenvalue weighted by Crippen LogP contribution is 2.55. The topological polar surface area (TPSA) is 3.24 Å². The van der Waals surface area contributed by atoms with Gasteiger partial charge in [0.05, 0.1) is 11.4 Å². The molecule has 1 aliphatic rings. The van der Waals surface area contributed by atoms with Crippen molar-refractivity contribution in [3.63, 3.8) is 0 Å². The second-order valence-electron chi connectivity index (χ2n) is 18.0. The standard InChI is InChI=1S/C65H47N/c1-65(2)58-34-18-16-32-56(58)64-55(33-20-35-59(64)65)52-29-17-19-36-60(52)66(61-42-39-48(44-21-6-3-7-22-44)43-57(61)45-23-8-4-9-24-45)49-40-37-47(38-41-49)63-54-31-15-13-28-51(54)50-27-12-14-30-53(50)62(63)46-25-10-5-11-26-46/h3-43H,1-2H3. The second kappa shape index (κ2) is 16.1. The first-order valence-electron chi connectivity index (χ1n) is 23.0. The van der Waals surface area contributed by atoms with E-state index in [4.69, 9.17) is 0 Å². The van der Waals surface area contributed by atoms with Crippen LogP contribution in [0.3, 0.4) is 0 Å². The number of fused-ring (bicyclic) bond motifs is 6. The Labute approximate surface area is 387 Å². The van der Waals surface area contributed by atoms with Gasteiger partial charge in [0.2, 0.25) is 0 Å². The van der Waals surface area contributed by atoms with Crippen molar-refractivity contribution < 1.29 is 0 Å². The highest BCUT2D eigenvalue weighted by molar-refractivity contribution is 6.21. The van der Waals surface area contributed by atoms with Crippen LogP contribution in [-0.4, -0.2) is 0 Å². The minimum absolute atomic E-state index is 0.119.